The number of rotatable bonds is 6. The lowest BCUT2D eigenvalue weighted by Crippen LogP contribution is -2.24. The quantitative estimate of drug-likeness (QED) is 0.785. The Kier molecular flexibility index (Phi) is 6.24. The predicted octanol–water partition coefficient (Wildman–Crippen LogP) is 2.70. The summed E-state index contributed by atoms with van der Waals surface area (Å²) in [6.07, 6.45) is 1.19. The number of halogens is 1. The monoisotopic (exact) mass is 327 g/mol. The van der Waals surface area contributed by atoms with Crippen molar-refractivity contribution in [1.29, 1.82) is 0 Å². The van der Waals surface area contributed by atoms with Crippen LogP contribution in [0, 0.1) is 0 Å². The summed E-state index contributed by atoms with van der Waals surface area (Å²) in [5.41, 5.74) is 0.201. The van der Waals surface area contributed by atoms with E-state index in [1.807, 2.05) is 13.8 Å². The van der Waals surface area contributed by atoms with Gasteiger partial charge in [-0.2, -0.15) is 0 Å². The van der Waals surface area contributed by atoms with E-state index in [0.29, 0.717) is 17.1 Å². The third-order valence-corrected chi connectivity index (χ3v) is 2.74. The molecule has 0 atom stereocenters. The number of carbonyl (C=O) groups is 2. The highest BCUT2D eigenvalue weighted by Gasteiger charge is 2.15. The molecule has 0 aliphatic heterocycles. The van der Waals surface area contributed by atoms with E-state index in [1.165, 1.54) is 26.2 Å². The lowest BCUT2D eigenvalue weighted by Gasteiger charge is -2.16. The Morgan fingerprint density at radius 1 is 1.36 bits per heavy atom. The third kappa shape index (κ3) is 4.96. The Labute approximate surface area is 133 Å². The molecule has 120 valence electrons. The number of benzene rings is 1. The smallest absolute Gasteiger partial charge is 0.352 e. The summed E-state index contributed by atoms with van der Waals surface area (Å²) in [4.78, 5) is 22.1. The van der Waals surface area contributed by atoms with Crippen LogP contribution in [0.2, 0.25) is 5.02 Å². The minimum atomic E-state index is -1.26. The zero-order valence-corrected chi connectivity index (χ0v) is 13.5. The zero-order chi connectivity index (χ0) is 16.9. The molecule has 1 aromatic carbocycles. The van der Waals surface area contributed by atoms with Crippen molar-refractivity contribution < 1.29 is 24.2 Å². The van der Waals surface area contributed by atoms with Crippen LogP contribution in [0.1, 0.15) is 26.3 Å². The van der Waals surface area contributed by atoms with Crippen molar-refractivity contribution in [3.8, 4) is 11.5 Å². The van der Waals surface area contributed by atoms with E-state index >= 15 is 0 Å². The summed E-state index contributed by atoms with van der Waals surface area (Å²) in [7, 11) is 1.46. The molecule has 0 spiro atoms. The first kappa shape index (κ1) is 17.8. The van der Waals surface area contributed by atoms with Gasteiger partial charge in [-0.3, -0.25) is 4.79 Å². The molecule has 0 saturated heterocycles. The largest absolute Gasteiger partial charge is 0.493 e. The first-order chi connectivity index (χ1) is 10.2. The lowest BCUT2D eigenvalue weighted by atomic mass is 10.1. The Morgan fingerprint density at radius 2 is 2.00 bits per heavy atom. The third-order valence-electron chi connectivity index (χ3n) is 2.46. The highest BCUT2D eigenvalue weighted by molar-refractivity contribution is 6.32. The normalized spacial score (nSPS) is 11.3. The molecule has 0 aliphatic rings. The van der Waals surface area contributed by atoms with Gasteiger partial charge in [-0.15, -0.1) is 0 Å². The van der Waals surface area contributed by atoms with E-state index < -0.39 is 11.9 Å². The highest BCUT2D eigenvalue weighted by Crippen LogP contribution is 2.37. The van der Waals surface area contributed by atoms with Gasteiger partial charge in [0.2, 0.25) is 5.91 Å². The molecular formula is C15H18ClNO5. The van der Waals surface area contributed by atoms with Crippen molar-refractivity contribution in [3.63, 3.8) is 0 Å². The molecule has 0 radical (unpaired) electrons. The van der Waals surface area contributed by atoms with Crippen LogP contribution < -0.4 is 14.8 Å². The van der Waals surface area contributed by atoms with Crippen molar-refractivity contribution in [1.82, 2.24) is 5.32 Å². The molecule has 0 bridgehead atoms. The first-order valence-corrected chi connectivity index (χ1v) is 6.89. The summed E-state index contributed by atoms with van der Waals surface area (Å²) in [5, 5.41) is 11.6. The molecule has 1 amide bonds. The van der Waals surface area contributed by atoms with Gasteiger partial charge in [0, 0.05) is 6.92 Å². The molecule has 0 fully saturated rings. The summed E-state index contributed by atoms with van der Waals surface area (Å²) >= 11 is 6.16. The maximum absolute atomic E-state index is 11.1. The zero-order valence-electron chi connectivity index (χ0n) is 12.8. The van der Waals surface area contributed by atoms with E-state index in [-0.39, 0.29) is 16.8 Å². The van der Waals surface area contributed by atoms with Crippen molar-refractivity contribution in [2.45, 2.75) is 26.9 Å². The number of nitrogens with one attached hydrogen (secondary N) is 1. The fourth-order valence-corrected chi connectivity index (χ4v) is 1.94. The molecule has 0 heterocycles. The van der Waals surface area contributed by atoms with Crippen LogP contribution in [0.15, 0.2) is 17.8 Å². The van der Waals surface area contributed by atoms with Gasteiger partial charge in [-0.25, -0.2) is 4.79 Å². The fourth-order valence-electron chi connectivity index (χ4n) is 1.68. The molecule has 22 heavy (non-hydrogen) atoms. The maximum Gasteiger partial charge on any atom is 0.352 e. The Morgan fingerprint density at radius 3 is 2.45 bits per heavy atom. The molecule has 1 rings (SSSR count). The Balaban J connectivity index is 3.28. The molecule has 7 heteroatoms. The minimum absolute atomic E-state index is 0.0956. The SMILES string of the molecule is COc1cc(/C=C(/NC(C)=O)C(=O)O)cc(Cl)c1OC(C)C. The van der Waals surface area contributed by atoms with Crippen LogP contribution in [-0.2, 0) is 9.59 Å². The molecule has 0 aromatic heterocycles. The predicted molar refractivity (Wildman–Crippen MR) is 83.2 cm³/mol. The lowest BCUT2D eigenvalue weighted by molar-refractivity contribution is -0.134. The number of aliphatic carboxylic acids is 1. The number of methoxy groups -OCH3 is 1. The molecule has 0 aliphatic carbocycles. The van der Waals surface area contributed by atoms with E-state index in [9.17, 15) is 9.59 Å². The van der Waals surface area contributed by atoms with E-state index in [0.717, 1.165) is 0 Å². The second-order valence-corrected chi connectivity index (χ2v) is 5.15. The van der Waals surface area contributed by atoms with Crippen LogP contribution in [0.5, 0.6) is 11.5 Å². The van der Waals surface area contributed by atoms with Crippen molar-refractivity contribution in [3.05, 3.63) is 28.4 Å². The van der Waals surface area contributed by atoms with Gasteiger partial charge in [0.15, 0.2) is 11.5 Å². The summed E-state index contributed by atoms with van der Waals surface area (Å²) in [6.45, 7) is 4.93. The maximum atomic E-state index is 11.1. The van der Waals surface area contributed by atoms with Crippen LogP contribution in [-0.4, -0.2) is 30.2 Å². The van der Waals surface area contributed by atoms with Gasteiger partial charge in [-0.1, -0.05) is 11.6 Å². The van der Waals surface area contributed by atoms with Crippen LogP contribution in [0.3, 0.4) is 0 Å². The second-order valence-electron chi connectivity index (χ2n) is 4.75. The van der Waals surface area contributed by atoms with Crippen molar-refractivity contribution >= 4 is 29.6 Å². The number of carboxylic acids is 1. The molecule has 0 saturated carbocycles. The van der Waals surface area contributed by atoms with Crippen molar-refractivity contribution in [2.75, 3.05) is 7.11 Å². The number of hydrogen-bond acceptors (Lipinski definition) is 4. The van der Waals surface area contributed by atoms with E-state index in [4.69, 9.17) is 26.2 Å². The molecular weight excluding hydrogens is 310 g/mol. The van der Waals surface area contributed by atoms with E-state index in [1.54, 1.807) is 6.07 Å². The molecule has 1 aromatic rings. The van der Waals surface area contributed by atoms with Gasteiger partial charge < -0.3 is 19.9 Å². The summed E-state index contributed by atoms with van der Waals surface area (Å²) in [5.74, 6) is -0.980. The first-order valence-electron chi connectivity index (χ1n) is 6.51. The van der Waals surface area contributed by atoms with Gasteiger partial charge >= 0.3 is 5.97 Å². The van der Waals surface area contributed by atoms with Crippen LogP contribution in [0.25, 0.3) is 6.08 Å². The van der Waals surface area contributed by atoms with Gasteiger partial charge in [0.05, 0.1) is 18.2 Å². The number of carbonyl (C=O) groups excluding carboxylic acids is 1. The minimum Gasteiger partial charge on any atom is -0.493 e. The number of amides is 1. The average Bonchev–Trinajstić information content (AvgIpc) is 2.39. The number of ether oxygens (including phenoxy) is 2. The van der Waals surface area contributed by atoms with Gasteiger partial charge in [-0.05, 0) is 37.6 Å². The van der Waals surface area contributed by atoms with Crippen LogP contribution in [0.4, 0.5) is 0 Å². The average molecular weight is 328 g/mol. The topological polar surface area (TPSA) is 84.9 Å². The Hall–Kier alpha value is -2.21. The standard InChI is InChI=1S/C15H18ClNO5/c1-8(2)22-14-11(16)5-10(7-13(14)21-4)6-12(15(19)20)17-9(3)18/h5-8H,1-4H3,(H,17,18)(H,19,20)/b12-6+. The molecule has 2 N–H and O–H groups in total. The Bertz CT molecular complexity index is 610. The summed E-state index contributed by atoms with van der Waals surface area (Å²) < 4.78 is 10.8. The number of carboxylic acid groups (broad SMARTS) is 1. The van der Waals surface area contributed by atoms with Crippen LogP contribution >= 0.6 is 11.6 Å². The summed E-state index contributed by atoms with van der Waals surface area (Å²) in [6, 6.07) is 3.11. The van der Waals surface area contributed by atoms with Gasteiger partial charge in [0.25, 0.3) is 0 Å². The second kappa shape index (κ2) is 7.70. The fraction of sp³-hybridized carbons (Fsp3) is 0.333. The number of hydrogen-bond donors (Lipinski definition) is 2. The van der Waals surface area contributed by atoms with Crippen molar-refractivity contribution in [2.24, 2.45) is 0 Å². The molecule has 0 unspecified atom stereocenters. The molecule has 6 nitrogen and oxygen atoms in total. The van der Waals surface area contributed by atoms with Gasteiger partial charge in [0.1, 0.15) is 5.70 Å². The van der Waals surface area contributed by atoms with E-state index in [2.05, 4.69) is 5.32 Å². The highest BCUT2D eigenvalue weighted by atomic mass is 35.5.